The number of ether oxygens (including phenoxy) is 1. The van der Waals surface area contributed by atoms with E-state index < -0.39 is 5.60 Å². The monoisotopic (exact) mass is 347 g/mol. The fourth-order valence-electron chi connectivity index (χ4n) is 2.30. The van der Waals surface area contributed by atoms with Crippen LogP contribution in [0.4, 0.5) is 4.39 Å². The number of hydrogen-bond donors (Lipinski definition) is 1. The predicted octanol–water partition coefficient (Wildman–Crippen LogP) is 3.99. The summed E-state index contributed by atoms with van der Waals surface area (Å²) in [5.41, 5.74) is -0.459. The Morgan fingerprint density at radius 3 is 2.50 bits per heavy atom. The molecule has 2 rings (SSSR count). The van der Waals surface area contributed by atoms with Gasteiger partial charge >= 0.3 is 0 Å². The number of carbonyl (C=O) groups excluding carboxylic acids is 1. The molecule has 24 heavy (non-hydrogen) atoms. The van der Waals surface area contributed by atoms with Crippen LogP contribution in [0.2, 0.25) is 0 Å². The van der Waals surface area contributed by atoms with Crippen LogP contribution in [0.25, 0.3) is 0 Å². The number of rotatable bonds is 8. The van der Waals surface area contributed by atoms with Gasteiger partial charge in [-0.1, -0.05) is 36.4 Å². The molecule has 0 radical (unpaired) electrons. The lowest BCUT2D eigenvalue weighted by Crippen LogP contribution is -2.40. The summed E-state index contributed by atoms with van der Waals surface area (Å²) in [5.74, 6) is 0.285. The minimum atomic E-state index is -0.895. The van der Waals surface area contributed by atoms with Crippen LogP contribution in [0.5, 0.6) is 0 Å². The van der Waals surface area contributed by atoms with Crippen LogP contribution in [0.1, 0.15) is 18.9 Å². The zero-order valence-electron chi connectivity index (χ0n) is 13.9. The molecule has 0 unspecified atom stereocenters. The normalized spacial score (nSPS) is 13.3. The number of thioether (sulfide) groups is 1. The van der Waals surface area contributed by atoms with Gasteiger partial charge in [0, 0.05) is 29.7 Å². The second-order valence-electron chi connectivity index (χ2n) is 5.60. The number of halogens is 1. The molecular weight excluding hydrogens is 325 g/mol. The van der Waals surface area contributed by atoms with E-state index in [1.807, 2.05) is 30.3 Å². The van der Waals surface area contributed by atoms with Crippen LogP contribution in [0.15, 0.2) is 59.5 Å². The number of methoxy groups -OCH3 is 1. The van der Waals surface area contributed by atoms with Crippen LogP contribution >= 0.6 is 11.8 Å². The lowest BCUT2D eigenvalue weighted by atomic mass is 9.95. The Morgan fingerprint density at radius 2 is 1.83 bits per heavy atom. The van der Waals surface area contributed by atoms with Gasteiger partial charge in [0.05, 0.1) is 6.54 Å². The molecular formula is C19H22FNO2S. The Morgan fingerprint density at radius 1 is 1.17 bits per heavy atom. The molecule has 0 spiro atoms. The number of carbonyl (C=O) groups is 1. The molecule has 0 fully saturated rings. The molecule has 3 nitrogen and oxygen atoms in total. The van der Waals surface area contributed by atoms with Crippen molar-refractivity contribution < 1.29 is 13.9 Å². The van der Waals surface area contributed by atoms with Crippen molar-refractivity contribution in [2.75, 3.05) is 19.4 Å². The summed E-state index contributed by atoms with van der Waals surface area (Å²) in [6, 6.07) is 16.4. The Kier molecular flexibility index (Phi) is 6.82. The van der Waals surface area contributed by atoms with Crippen LogP contribution in [0, 0.1) is 5.82 Å². The van der Waals surface area contributed by atoms with Crippen molar-refractivity contribution in [2.45, 2.75) is 23.8 Å². The SMILES string of the molecule is CO[C@](C)(CNC(=O)CCSc1ccccc1)c1ccccc1F. The van der Waals surface area contributed by atoms with Gasteiger partial charge in [-0.05, 0) is 25.1 Å². The van der Waals surface area contributed by atoms with Gasteiger partial charge in [-0.25, -0.2) is 4.39 Å². The number of amides is 1. The summed E-state index contributed by atoms with van der Waals surface area (Å²) in [6.45, 7) is 1.99. The summed E-state index contributed by atoms with van der Waals surface area (Å²) in [4.78, 5) is 13.2. The first-order valence-corrected chi connectivity index (χ1v) is 8.78. The summed E-state index contributed by atoms with van der Waals surface area (Å²) in [5, 5.41) is 2.84. The van der Waals surface area contributed by atoms with Gasteiger partial charge in [0.15, 0.2) is 0 Å². The van der Waals surface area contributed by atoms with Gasteiger partial charge in [-0.15, -0.1) is 11.8 Å². The summed E-state index contributed by atoms with van der Waals surface area (Å²) >= 11 is 1.63. The van der Waals surface area contributed by atoms with E-state index in [9.17, 15) is 9.18 Å². The topological polar surface area (TPSA) is 38.3 Å². The molecule has 1 atom stereocenters. The Hall–Kier alpha value is -1.85. The molecule has 0 aliphatic carbocycles. The Balaban J connectivity index is 1.84. The van der Waals surface area contributed by atoms with Crippen molar-refractivity contribution in [3.8, 4) is 0 Å². The highest BCUT2D eigenvalue weighted by molar-refractivity contribution is 7.99. The average molecular weight is 347 g/mol. The average Bonchev–Trinajstić information content (AvgIpc) is 2.61. The van der Waals surface area contributed by atoms with Gasteiger partial charge in [0.1, 0.15) is 11.4 Å². The molecule has 128 valence electrons. The molecule has 2 aromatic carbocycles. The maximum Gasteiger partial charge on any atom is 0.220 e. The standard InChI is InChI=1S/C19H22FNO2S/c1-19(23-2,16-10-6-7-11-17(16)20)14-21-18(22)12-13-24-15-8-4-3-5-9-15/h3-11H,12-14H2,1-2H3,(H,21,22)/t19-/m1/s1. The highest BCUT2D eigenvalue weighted by Crippen LogP contribution is 2.26. The highest BCUT2D eigenvalue weighted by Gasteiger charge is 2.29. The minimum Gasteiger partial charge on any atom is -0.372 e. The quantitative estimate of drug-likeness (QED) is 0.734. The van der Waals surface area contributed by atoms with Crippen LogP contribution in [0.3, 0.4) is 0 Å². The number of benzene rings is 2. The van der Waals surface area contributed by atoms with Crippen LogP contribution in [-0.2, 0) is 15.1 Å². The van der Waals surface area contributed by atoms with Crippen molar-refractivity contribution in [1.29, 1.82) is 0 Å². The fourth-order valence-corrected chi connectivity index (χ4v) is 3.17. The smallest absolute Gasteiger partial charge is 0.220 e. The second kappa shape index (κ2) is 8.85. The van der Waals surface area contributed by atoms with E-state index in [0.717, 1.165) is 4.90 Å². The van der Waals surface area contributed by atoms with Gasteiger partial charge in [-0.3, -0.25) is 4.79 Å². The summed E-state index contributed by atoms with van der Waals surface area (Å²) in [7, 11) is 1.52. The molecule has 0 bridgehead atoms. The minimum absolute atomic E-state index is 0.0713. The molecule has 0 saturated heterocycles. The lowest BCUT2D eigenvalue weighted by Gasteiger charge is -2.29. The van der Waals surface area contributed by atoms with Crippen molar-refractivity contribution in [2.24, 2.45) is 0 Å². The van der Waals surface area contributed by atoms with E-state index in [1.54, 1.807) is 36.9 Å². The molecule has 1 amide bonds. The van der Waals surface area contributed by atoms with Crippen molar-refractivity contribution >= 4 is 17.7 Å². The van der Waals surface area contributed by atoms with E-state index in [4.69, 9.17) is 4.74 Å². The molecule has 5 heteroatoms. The molecule has 0 saturated carbocycles. The third-order valence-electron chi connectivity index (χ3n) is 3.86. The first kappa shape index (κ1) is 18.5. The third kappa shape index (κ3) is 5.08. The molecule has 0 aliphatic heterocycles. The Labute approximate surface area is 146 Å². The summed E-state index contributed by atoms with van der Waals surface area (Å²) in [6.07, 6.45) is 0.399. The van der Waals surface area contributed by atoms with Gasteiger partial charge in [0.25, 0.3) is 0 Å². The van der Waals surface area contributed by atoms with Crippen molar-refractivity contribution in [3.05, 3.63) is 66.0 Å². The number of hydrogen-bond acceptors (Lipinski definition) is 3. The molecule has 0 aliphatic rings. The Bertz CT molecular complexity index is 665. The molecule has 2 aromatic rings. The third-order valence-corrected chi connectivity index (χ3v) is 4.87. The first-order chi connectivity index (χ1) is 11.5. The highest BCUT2D eigenvalue weighted by atomic mass is 32.2. The first-order valence-electron chi connectivity index (χ1n) is 7.80. The van der Waals surface area contributed by atoms with Gasteiger partial charge in [0.2, 0.25) is 5.91 Å². The van der Waals surface area contributed by atoms with E-state index >= 15 is 0 Å². The zero-order valence-corrected chi connectivity index (χ0v) is 14.7. The van der Waals surface area contributed by atoms with E-state index in [2.05, 4.69) is 5.32 Å². The van der Waals surface area contributed by atoms with Crippen LogP contribution < -0.4 is 5.32 Å². The molecule has 1 N–H and O–H groups in total. The van der Waals surface area contributed by atoms with Crippen molar-refractivity contribution in [3.63, 3.8) is 0 Å². The van der Waals surface area contributed by atoms with Crippen molar-refractivity contribution in [1.82, 2.24) is 5.32 Å². The number of nitrogens with one attached hydrogen (secondary N) is 1. The van der Waals surface area contributed by atoms with E-state index in [-0.39, 0.29) is 18.3 Å². The lowest BCUT2D eigenvalue weighted by molar-refractivity contribution is -0.122. The van der Waals surface area contributed by atoms with Crippen LogP contribution in [-0.4, -0.2) is 25.3 Å². The van der Waals surface area contributed by atoms with E-state index in [1.165, 1.54) is 13.2 Å². The predicted molar refractivity (Wildman–Crippen MR) is 95.6 cm³/mol. The molecule has 0 heterocycles. The summed E-state index contributed by atoms with van der Waals surface area (Å²) < 4.78 is 19.5. The fraction of sp³-hybridized carbons (Fsp3) is 0.316. The largest absolute Gasteiger partial charge is 0.372 e. The maximum absolute atomic E-state index is 14.0. The van der Waals surface area contributed by atoms with Gasteiger partial charge < -0.3 is 10.1 Å². The second-order valence-corrected chi connectivity index (χ2v) is 6.77. The maximum atomic E-state index is 14.0. The zero-order chi connectivity index (χ0) is 17.4. The molecule has 0 aromatic heterocycles. The van der Waals surface area contributed by atoms with Gasteiger partial charge in [-0.2, -0.15) is 0 Å². The van der Waals surface area contributed by atoms with E-state index in [0.29, 0.717) is 17.7 Å².